The lowest BCUT2D eigenvalue weighted by Gasteiger charge is -2.35. The molecule has 20 heavy (non-hydrogen) atoms. The van der Waals surface area contributed by atoms with E-state index in [9.17, 15) is 0 Å². The van der Waals surface area contributed by atoms with Gasteiger partial charge in [0.1, 0.15) is 5.52 Å². The van der Waals surface area contributed by atoms with Crippen LogP contribution in [0.15, 0.2) is 0 Å². The SMILES string of the molecule is Cc1nn(C)c2c1nc(N)n2C1CCN2CCCC2C1. The molecular weight excluding hydrogens is 252 g/mol. The molecule has 108 valence electrons. The average Bonchev–Trinajstić information content (AvgIpc) is 3.06. The standard InChI is InChI=1S/C14H22N6/c1-9-12-13(18(2)17-9)20(14(15)16-12)11-5-7-19-6-3-4-10(19)8-11/h10-11H,3-8H2,1-2H3,(H2,15,16). The first kappa shape index (κ1) is 12.2. The number of anilines is 1. The summed E-state index contributed by atoms with van der Waals surface area (Å²) >= 11 is 0. The quantitative estimate of drug-likeness (QED) is 0.855. The van der Waals surface area contributed by atoms with E-state index in [2.05, 4.69) is 19.5 Å². The van der Waals surface area contributed by atoms with Gasteiger partial charge in [-0.15, -0.1) is 0 Å². The number of rotatable bonds is 1. The molecule has 2 N–H and O–H groups in total. The van der Waals surface area contributed by atoms with Crippen molar-refractivity contribution >= 4 is 17.1 Å². The van der Waals surface area contributed by atoms with Crippen LogP contribution in [0.2, 0.25) is 0 Å². The minimum Gasteiger partial charge on any atom is -0.369 e. The molecular formula is C14H22N6. The maximum absolute atomic E-state index is 6.20. The highest BCUT2D eigenvalue weighted by Gasteiger charge is 2.34. The van der Waals surface area contributed by atoms with Crippen molar-refractivity contribution in [3.63, 3.8) is 0 Å². The van der Waals surface area contributed by atoms with Crippen LogP contribution >= 0.6 is 0 Å². The Bertz CT molecular complexity index is 654. The Morgan fingerprint density at radius 1 is 1.20 bits per heavy atom. The van der Waals surface area contributed by atoms with Gasteiger partial charge in [0.2, 0.25) is 5.95 Å². The predicted octanol–water partition coefficient (Wildman–Crippen LogP) is 1.46. The fourth-order valence-electron chi connectivity index (χ4n) is 4.11. The Hall–Kier alpha value is -1.56. The summed E-state index contributed by atoms with van der Waals surface area (Å²) in [5.74, 6) is 0.646. The number of imidazole rings is 1. The van der Waals surface area contributed by atoms with E-state index in [1.807, 2.05) is 18.7 Å². The zero-order valence-electron chi connectivity index (χ0n) is 12.2. The van der Waals surface area contributed by atoms with Crippen molar-refractivity contribution in [2.45, 2.75) is 44.7 Å². The van der Waals surface area contributed by atoms with E-state index in [1.54, 1.807) is 0 Å². The first-order chi connectivity index (χ1) is 9.65. The van der Waals surface area contributed by atoms with E-state index < -0.39 is 0 Å². The zero-order chi connectivity index (χ0) is 13.9. The summed E-state index contributed by atoms with van der Waals surface area (Å²) in [6.07, 6.45) is 5.03. The molecule has 6 nitrogen and oxygen atoms in total. The van der Waals surface area contributed by atoms with E-state index in [0.29, 0.717) is 12.0 Å². The van der Waals surface area contributed by atoms with Crippen LogP contribution in [0, 0.1) is 6.92 Å². The summed E-state index contributed by atoms with van der Waals surface area (Å²) in [5, 5.41) is 4.48. The molecule has 2 aromatic heterocycles. The predicted molar refractivity (Wildman–Crippen MR) is 78.5 cm³/mol. The van der Waals surface area contributed by atoms with Crippen molar-refractivity contribution in [3.05, 3.63) is 5.69 Å². The van der Waals surface area contributed by atoms with Crippen molar-refractivity contribution in [2.75, 3.05) is 18.8 Å². The summed E-state index contributed by atoms with van der Waals surface area (Å²) in [7, 11) is 1.98. The highest BCUT2D eigenvalue weighted by molar-refractivity contribution is 5.77. The highest BCUT2D eigenvalue weighted by Crippen LogP contribution is 2.36. The first-order valence-electron chi connectivity index (χ1n) is 7.56. The Morgan fingerprint density at radius 3 is 2.90 bits per heavy atom. The van der Waals surface area contributed by atoms with Crippen molar-refractivity contribution in [1.29, 1.82) is 0 Å². The maximum atomic E-state index is 6.20. The van der Waals surface area contributed by atoms with Gasteiger partial charge >= 0.3 is 0 Å². The second-order valence-electron chi connectivity index (χ2n) is 6.23. The first-order valence-corrected chi connectivity index (χ1v) is 7.56. The molecule has 4 rings (SSSR count). The summed E-state index contributed by atoms with van der Waals surface area (Å²) in [4.78, 5) is 7.17. The Labute approximate surface area is 118 Å². The number of nitrogens with zero attached hydrogens (tertiary/aromatic N) is 5. The van der Waals surface area contributed by atoms with E-state index >= 15 is 0 Å². The molecule has 2 atom stereocenters. The zero-order valence-corrected chi connectivity index (χ0v) is 12.2. The third kappa shape index (κ3) is 1.60. The number of aromatic nitrogens is 4. The van der Waals surface area contributed by atoms with E-state index in [1.165, 1.54) is 32.4 Å². The number of nitrogens with two attached hydrogens (primary N) is 1. The lowest BCUT2D eigenvalue weighted by Crippen LogP contribution is -2.39. The van der Waals surface area contributed by atoms with Crippen molar-refractivity contribution in [2.24, 2.45) is 7.05 Å². The number of hydrogen-bond acceptors (Lipinski definition) is 4. The van der Waals surface area contributed by atoms with Crippen molar-refractivity contribution in [3.8, 4) is 0 Å². The molecule has 2 aliphatic rings. The van der Waals surface area contributed by atoms with Gasteiger partial charge in [0, 0.05) is 25.7 Å². The summed E-state index contributed by atoms with van der Waals surface area (Å²) in [6.45, 7) is 4.46. The van der Waals surface area contributed by atoms with Gasteiger partial charge in [-0.2, -0.15) is 5.10 Å². The molecule has 2 saturated heterocycles. The Kier molecular flexibility index (Phi) is 2.57. The molecule has 0 amide bonds. The Balaban J connectivity index is 1.76. The minimum atomic E-state index is 0.467. The monoisotopic (exact) mass is 274 g/mol. The molecule has 4 heterocycles. The molecule has 0 spiro atoms. The second-order valence-corrected chi connectivity index (χ2v) is 6.23. The molecule has 2 unspecified atom stereocenters. The van der Waals surface area contributed by atoms with Crippen LogP contribution in [0.5, 0.6) is 0 Å². The van der Waals surface area contributed by atoms with E-state index in [0.717, 1.165) is 29.3 Å². The number of aryl methyl sites for hydroxylation is 2. The van der Waals surface area contributed by atoms with Crippen LogP contribution in [-0.2, 0) is 7.05 Å². The van der Waals surface area contributed by atoms with Gasteiger partial charge in [-0.25, -0.2) is 4.98 Å². The van der Waals surface area contributed by atoms with Crippen molar-refractivity contribution < 1.29 is 0 Å². The molecule has 2 fully saturated rings. The van der Waals surface area contributed by atoms with Gasteiger partial charge in [0.25, 0.3) is 0 Å². The van der Waals surface area contributed by atoms with Gasteiger partial charge in [-0.3, -0.25) is 9.25 Å². The van der Waals surface area contributed by atoms with Crippen LogP contribution in [0.1, 0.15) is 37.4 Å². The van der Waals surface area contributed by atoms with Crippen LogP contribution in [0.4, 0.5) is 5.95 Å². The Morgan fingerprint density at radius 2 is 2.05 bits per heavy atom. The van der Waals surface area contributed by atoms with Gasteiger partial charge in [0.15, 0.2) is 5.65 Å². The molecule has 0 aliphatic carbocycles. The van der Waals surface area contributed by atoms with E-state index in [-0.39, 0.29) is 0 Å². The molecule has 0 radical (unpaired) electrons. The summed E-state index contributed by atoms with van der Waals surface area (Å²) in [6, 6.07) is 1.20. The topological polar surface area (TPSA) is 64.9 Å². The second kappa shape index (κ2) is 4.22. The molecule has 0 saturated carbocycles. The maximum Gasteiger partial charge on any atom is 0.202 e. The average molecular weight is 274 g/mol. The normalized spacial score (nSPS) is 27.3. The number of nitrogen functional groups attached to an aromatic ring is 1. The number of hydrogen-bond donors (Lipinski definition) is 1. The summed E-state index contributed by atoms with van der Waals surface area (Å²) < 4.78 is 4.15. The largest absolute Gasteiger partial charge is 0.369 e. The fourth-order valence-corrected chi connectivity index (χ4v) is 4.11. The van der Waals surface area contributed by atoms with Crippen LogP contribution < -0.4 is 5.73 Å². The third-order valence-corrected chi connectivity index (χ3v) is 5.02. The molecule has 0 aromatic carbocycles. The summed E-state index contributed by atoms with van der Waals surface area (Å²) in [5.41, 5.74) is 9.20. The van der Waals surface area contributed by atoms with Gasteiger partial charge < -0.3 is 10.6 Å². The minimum absolute atomic E-state index is 0.467. The third-order valence-electron chi connectivity index (χ3n) is 5.02. The number of fused-ring (bicyclic) bond motifs is 2. The van der Waals surface area contributed by atoms with Crippen molar-refractivity contribution in [1.82, 2.24) is 24.2 Å². The lowest BCUT2D eigenvalue weighted by molar-refractivity contribution is 0.157. The highest BCUT2D eigenvalue weighted by atomic mass is 15.4. The molecule has 0 bridgehead atoms. The number of piperidine rings is 1. The van der Waals surface area contributed by atoms with Gasteiger partial charge in [-0.1, -0.05) is 0 Å². The van der Waals surface area contributed by atoms with Crippen LogP contribution in [-0.4, -0.2) is 43.4 Å². The van der Waals surface area contributed by atoms with Gasteiger partial charge in [0.05, 0.1) is 5.69 Å². The van der Waals surface area contributed by atoms with E-state index in [4.69, 9.17) is 5.73 Å². The molecule has 6 heteroatoms. The lowest BCUT2D eigenvalue weighted by atomic mass is 9.97. The van der Waals surface area contributed by atoms with Crippen LogP contribution in [0.3, 0.4) is 0 Å². The fraction of sp³-hybridized carbons (Fsp3) is 0.714. The van der Waals surface area contributed by atoms with Crippen LogP contribution in [0.25, 0.3) is 11.2 Å². The molecule has 2 aliphatic heterocycles. The smallest absolute Gasteiger partial charge is 0.202 e. The molecule has 2 aromatic rings. The van der Waals surface area contributed by atoms with Gasteiger partial charge in [-0.05, 0) is 39.2 Å².